The molecule has 3 N–H and O–H groups in total. The summed E-state index contributed by atoms with van der Waals surface area (Å²) < 4.78 is 4.20. The van der Waals surface area contributed by atoms with Gasteiger partial charge in [0.2, 0.25) is 0 Å². The van der Waals surface area contributed by atoms with E-state index in [0.717, 1.165) is 74.0 Å². The number of carbonyl (C=O) groups excluding carboxylic acids is 1. The summed E-state index contributed by atoms with van der Waals surface area (Å²) in [7, 11) is 0. The first kappa shape index (κ1) is 49.4. The SMILES string of the molecule is Brc1ccc(-c2ccc(-c3cc(-c4ccc(Br)cc4)nc(-c4ccccc4)n3)cc2)cc1.Cl.N=C(N)c1ccccc1.O=C(/C=C/c1ccc(Br)cc1)c1ccc(-c2ccc(Br)cc2)cc1. The second-order valence-electron chi connectivity index (χ2n) is 14.5. The maximum absolute atomic E-state index is 12.3. The van der Waals surface area contributed by atoms with Crippen molar-refractivity contribution in [3.63, 3.8) is 0 Å². The molecule has 0 saturated carbocycles. The molecule has 0 aliphatic heterocycles. The summed E-state index contributed by atoms with van der Waals surface area (Å²) in [6.07, 6.45) is 3.44. The Morgan fingerprint density at radius 2 is 0.773 bits per heavy atom. The molecule has 9 rings (SSSR count). The van der Waals surface area contributed by atoms with Gasteiger partial charge in [-0.25, -0.2) is 9.97 Å². The fourth-order valence-electron chi connectivity index (χ4n) is 6.48. The number of halogens is 5. The molecule has 9 aromatic rings. The van der Waals surface area contributed by atoms with E-state index < -0.39 is 0 Å². The topological polar surface area (TPSA) is 92.7 Å². The van der Waals surface area contributed by atoms with Crippen LogP contribution >= 0.6 is 76.1 Å². The van der Waals surface area contributed by atoms with Crippen LogP contribution in [0.25, 0.3) is 62.2 Å². The quantitative estimate of drug-likeness (QED) is 0.0652. The van der Waals surface area contributed by atoms with Gasteiger partial charge in [-0.15, -0.1) is 12.4 Å². The van der Waals surface area contributed by atoms with E-state index in [4.69, 9.17) is 21.1 Å². The molecule has 0 saturated heterocycles. The number of ketones is 1. The van der Waals surface area contributed by atoms with Gasteiger partial charge >= 0.3 is 0 Å². The van der Waals surface area contributed by atoms with Gasteiger partial charge in [0.25, 0.3) is 0 Å². The van der Waals surface area contributed by atoms with Crippen LogP contribution in [0.3, 0.4) is 0 Å². The van der Waals surface area contributed by atoms with E-state index in [1.165, 1.54) is 11.1 Å². The molecule has 5 nitrogen and oxygen atoms in total. The molecule has 0 bridgehead atoms. The summed E-state index contributed by atoms with van der Waals surface area (Å²) in [5.41, 5.74) is 17.1. The number of nitrogens with two attached hydrogens (primary N) is 1. The van der Waals surface area contributed by atoms with E-state index in [9.17, 15) is 4.79 Å². The van der Waals surface area contributed by atoms with Gasteiger partial charge in [0.1, 0.15) is 5.84 Å². The highest BCUT2D eigenvalue weighted by Crippen LogP contribution is 2.30. The average Bonchev–Trinajstić information content (AvgIpc) is 3.35. The van der Waals surface area contributed by atoms with Gasteiger partial charge in [-0.2, -0.15) is 0 Å². The van der Waals surface area contributed by atoms with Crippen LogP contribution < -0.4 is 5.73 Å². The second-order valence-corrected chi connectivity index (χ2v) is 18.2. The van der Waals surface area contributed by atoms with Gasteiger partial charge in [0.15, 0.2) is 11.6 Å². The Kier molecular flexibility index (Phi) is 18.3. The lowest BCUT2D eigenvalue weighted by Crippen LogP contribution is -2.10. The van der Waals surface area contributed by atoms with E-state index in [1.54, 1.807) is 6.08 Å². The number of nitrogens with one attached hydrogen (secondary N) is 1. The Balaban J connectivity index is 0.000000186. The summed E-state index contributed by atoms with van der Waals surface area (Å²) >= 11 is 13.8. The molecule has 0 amide bonds. The Hall–Kier alpha value is -6.07. The smallest absolute Gasteiger partial charge is 0.185 e. The van der Waals surface area contributed by atoms with Gasteiger partial charge < -0.3 is 5.73 Å². The molecule has 1 aromatic heterocycles. The first-order valence-electron chi connectivity index (χ1n) is 20.4. The molecule has 0 atom stereocenters. The highest BCUT2D eigenvalue weighted by atomic mass is 79.9. The lowest BCUT2D eigenvalue weighted by molar-refractivity contribution is 0.104. The molecule has 0 spiro atoms. The number of hydrogen-bond donors (Lipinski definition) is 2. The Morgan fingerprint density at radius 3 is 1.18 bits per heavy atom. The van der Waals surface area contributed by atoms with Crippen LogP contribution in [0.2, 0.25) is 0 Å². The third-order valence-corrected chi connectivity index (χ3v) is 12.1. The van der Waals surface area contributed by atoms with Gasteiger partial charge in [-0.3, -0.25) is 10.2 Å². The van der Waals surface area contributed by atoms with Crippen LogP contribution in [-0.4, -0.2) is 21.6 Å². The number of nitrogens with zero attached hydrogens (tertiary/aromatic N) is 2. The molecular weight excluding hydrogens is 1100 g/mol. The predicted octanol–water partition coefficient (Wildman–Crippen LogP) is 16.8. The average molecular weight is 1140 g/mol. The number of benzene rings is 8. The van der Waals surface area contributed by atoms with Crippen molar-refractivity contribution in [1.82, 2.24) is 9.97 Å². The van der Waals surface area contributed by atoms with Crippen LogP contribution in [0.1, 0.15) is 21.5 Å². The third kappa shape index (κ3) is 14.2. The van der Waals surface area contributed by atoms with E-state index in [2.05, 4.69) is 130 Å². The fourth-order valence-corrected chi connectivity index (χ4v) is 7.54. The van der Waals surface area contributed by atoms with Crippen LogP contribution in [0, 0.1) is 5.41 Å². The number of hydrogen-bond acceptors (Lipinski definition) is 4. The van der Waals surface area contributed by atoms with Gasteiger partial charge in [-0.05, 0) is 88.5 Å². The minimum absolute atomic E-state index is 0. The lowest BCUT2D eigenvalue weighted by atomic mass is 10.0. The highest BCUT2D eigenvalue weighted by molar-refractivity contribution is 9.11. The zero-order chi connectivity index (χ0) is 45.5. The van der Waals surface area contributed by atoms with Crippen molar-refractivity contribution in [2.24, 2.45) is 5.73 Å². The molecule has 0 fully saturated rings. The molecule has 0 radical (unpaired) electrons. The number of carbonyl (C=O) groups is 1. The van der Waals surface area contributed by atoms with Gasteiger partial charge in [0.05, 0.1) is 11.4 Å². The Morgan fingerprint density at radius 1 is 0.424 bits per heavy atom. The number of amidine groups is 1. The Labute approximate surface area is 425 Å². The third-order valence-electron chi connectivity index (χ3n) is 9.99. The van der Waals surface area contributed by atoms with Crippen molar-refractivity contribution >= 4 is 93.8 Å². The first-order valence-corrected chi connectivity index (χ1v) is 23.6. The summed E-state index contributed by atoms with van der Waals surface area (Å²) in [6, 6.07) is 70.1. The summed E-state index contributed by atoms with van der Waals surface area (Å²) in [4.78, 5) is 22.1. The molecule has 0 aliphatic rings. The number of aromatic nitrogens is 2. The van der Waals surface area contributed by atoms with E-state index in [1.807, 2.05) is 152 Å². The minimum atomic E-state index is 0. The number of rotatable bonds is 9. The van der Waals surface area contributed by atoms with Crippen molar-refractivity contribution in [3.8, 4) is 56.2 Å². The number of allylic oxidation sites excluding steroid dienone is 1. The monoisotopic (exact) mass is 1140 g/mol. The molecular formula is C56H41Br4ClN4O. The van der Waals surface area contributed by atoms with Crippen LogP contribution in [0.15, 0.2) is 236 Å². The summed E-state index contributed by atoms with van der Waals surface area (Å²) in [5, 5.41) is 7.01. The fraction of sp³-hybridized carbons (Fsp3) is 0. The zero-order valence-electron chi connectivity index (χ0n) is 35.2. The van der Waals surface area contributed by atoms with Crippen molar-refractivity contribution in [2.45, 2.75) is 0 Å². The van der Waals surface area contributed by atoms with E-state index >= 15 is 0 Å². The molecule has 66 heavy (non-hydrogen) atoms. The molecule has 1 heterocycles. The van der Waals surface area contributed by atoms with Gasteiger partial charge in [0, 0.05) is 45.7 Å². The Bertz CT molecular complexity index is 3010. The standard InChI is InChI=1S/C28H18Br2N2.C21H14Br2O.C7H8N2.ClH/c29-24-14-10-20(11-15-24)19-6-8-21(9-7-19)26-18-27(22-12-16-25(30)17-13-22)32-28(31-26)23-4-2-1-3-5-23;22-19-10-1-15(2-11-19)3-14-21(24)18-6-4-16(5-7-18)17-8-12-20(23)13-9-17;8-7(9)6-4-2-1-3-5-6;/h1-18H;1-14H;1-5H,(H3,8,9);1H/b;14-3+;;. The largest absolute Gasteiger partial charge is 0.384 e. The molecule has 10 heteroatoms. The minimum Gasteiger partial charge on any atom is -0.384 e. The van der Waals surface area contributed by atoms with Gasteiger partial charge in [-0.1, -0.05) is 228 Å². The predicted molar refractivity (Wildman–Crippen MR) is 291 cm³/mol. The zero-order valence-corrected chi connectivity index (χ0v) is 42.3. The lowest BCUT2D eigenvalue weighted by Gasteiger charge is -2.10. The van der Waals surface area contributed by atoms with Crippen molar-refractivity contribution in [1.29, 1.82) is 5.41 Å². The summed E-state index contributed by atoms with van der Waals surface area (Å²) in [5.74, 6) is 0.842. The molecule has 326 valence electrons. The van der Waals surface area contributed by atoms with Crippen molar-refractivity contribution < 1.29 is 4.79 Å². The maximum Gasteiger partial charge on any atom is 0.185 e. The molecule has 0 aliphatic carbocycles. The van der Waals surface area contributed by atoms with Crippen molar-refractivity contribution in [3.05, 3.63) is 253 Å². The normalized spacial score (nSPS) is 10.4. The van der Waals surface area contributed by atoms with E-state index in [0.29, 0.717) is 5.56 Å². The first-order chi connectivity index (χ1) is 31.6. The molecule has 8 aromatic carbocycles. The second kappa shape index (κ2) is 24.5. The molecule has 0 unspecified atom stereocenters. The van der Waals surface area contributed by atoms with E-state index in [-0.39, 0.29) is 24.0 Å². The summed E-state index contributed by atoms with van der Waals surface area (Å²) in [6.45, 7) is 0. The maximum atomic E-state index is 12.3. The van der Waals surface area contributed by atoms with Crippen LogP contribution in [-0.2, 0) is 0 Å². The van der Waals surface area contributed by atoms with Crippen LogP contribution in [0.5, 0.6) is 0 Å². The highest BCUT2D eigenvalue weighted by Gasteiger charge is 2.11. The van der Waals surface area contributed by atoms with Crippen LogP contribution in [0.4, 0.5) is 0 Å². The number of nitrogen functional groups attached to an aromatic ring is 1. The van der Waals surface area contributed by atoms with Crippen molar-refractivity contribution in [2.75, 3.05) is 0 Å².